The van der Waals surface area contributed by atoms with Crippen LogP contribution in [-0.4, -0.2) is 21.2 Å². The minimum atomic E-state index is -0.852. The molecule has 0 bridgehead atoms. The SMILES string of the molecule is CCC(CC)(Cc1nc(-c2ccoc2C)no1)C(=O)O. The van der Waals surface area contributed by atoms with Crippen molar-refractivity contribution < 1.29 is 18.8 Å². The lowest BCUT2D eigenvalue weighted by Crippen LogP contribution is -2.32. The minimum Gasteiger partial charge on any atom is -0.481 e. The van der Waals surface area contributed by atoms with Gasteiger partial charge in [0.25, 0.3) is 0 Å². The van der Waals surface area contributed by atoms with Gasteiger partial charge in [0.05, 0.1) is 17.2 Å². The zero-order valence-electron chi connectivity index (χ0n) is 11.8. The van der Waals surface area contributed by atoms with Crippen molar-refractivity contribution in [2.45, 2.75) is 40.0 Å². The van der Waals surface area contributed by atoms with E-state index in [1.807, 2.05) is 20.8 Å². The summed E-state index contributed by atoms with van der Waals surface area (Å²) in [5, 5.41) is 13.3. The Balaban J connectivity index is 2.25. The molecule has 0 fully saturated rings. The van der Waals surface area contributed by atoms with Crippen LogP contribution < -0.4 is 0 Å². The molecule has 0 aromatic carbocycles. The summed E-state index contributed by atoms with van der Waals surface area (Å²) in [5.74, 6) is 0.638. The standard InChI is InChI=1S/C14H18N2O4/c1-4-14(5-2,13(17)18)8-11-15-12(16-20-11)10-6-7-19-9(10)3/h6-7H,4-5,8H2,1-3H3,(H,17,18). The van der Waals surface area contributed by atoms with Crippen LogP contribution >= 0.6 is 0 Å². The van der Waals surface area contributed by atoms with Crippen LogP contribution in [0.4, 0.5) is 0 Å². The third kappa shape index (κ3) is 2.45. The highest BCUT2D eigenvalue weighted by Crippen LogP contribution is 2.31. The summed E-state index contributed by atoms with van der Waals surface area (Å²) in [6.45, 7) is 5.52. The van der Waals surface area contributed by atoms with E-state index in [4.69, 9.17) is 8.94 Å². The maximum Gasteiger partial charge on any atom is 0.310 e. The average Bonchev–Trinajstić information content (AvgIpc) is 3.04. The van der Waals surface area contributed by atoms with Crippen LogP contribution in [0.15, 0.2) is 21.3 Å². The normalized spacial score (nSPS) is 11.8. The van der Waals surface area contributed by atoms with Gasteiger partial charge in [-0.15, -0.1) is 0 Å². The van der Waals surface area contributed by atoms with Gasteiger partial charge in [0.15, 0.2) is 0 Å². The van der Waals surface area contributed by atoms with Gasteiger partial charge in [0.2, 0.25) is 11.7 Å². The lowest BCUT2D eigenvalue weighted by Gasteiger charge is -2.24. The molecule has 0 atom stereocenters. The quantitative estimate of drug-likeness (QED) is 0.873. The Morgan fingerprint density at radius 1 is 1.40 bits per heavy atom. The molecule has 0 amide bonds. The Labute approximate surface area is 116 Å². The van der Waals surface area contributed by atoms with Crippen molar-refractivity contribution in [1.82, 2.24) is 10.1 Å². The maximum absolute atomic E-state index is 11.5. The molecule has 20 heavy (non-hydrogen) atoms. The van der Waals surface area contributed by atoms with Crippen molar-refractivity contribution in [3.63, 3.8) is 0 Å². The van der Waals surface area contributed by atoms with Gasteiger partial charge in [-0.05, 0) is 25.8 Å². The van der Waals surface area contributed by atoms with Gasteiger partial charge in [-0.3, -0.25) is 4.79 Å². The second-order valence-corrected chi connectivity index (χ2v) is 4.87. The van der Waals surface area contributed by atoms with Crippen LogP contribution in [0.1, 0.15) is 38.3 Å². The lowest BCUT2D eigenvalue weighted by atomic mass is 9.79. The van der Waals surface area contributed by atoms with E-state index in [9.17, 15) is 9.90 Å². The van der Waals surface area contributed by atoms with Crippen molar-refractivity contribution in [3.8, 4) is 11.4 Å². The molecule has 2 aromatic heterocycles. The predicted molar refractivity (Wildman–Crippen MR) is 71.1 cm³/mol. The molecule has 0 saturated carbocycles. The summed E-state index contributed by atoms with van der Waals surface area (Å²) in [4.78, 5) is 15.7. The Bertz CT molecular complexity index is 596. The Morgan fingerprint density at radius 2 is 2.10 bits per heavy atom. The van der Waals surface area contributed by atoms with E-state index in [0.717, 1.165) is 5.56 Å². The Hall–Kier alpha value is -2.11. The van der Waals surface area contributed by atoms with E-state index in [1.54, 1.807) is 12.3 Å². The third-order valence-corrected chi connectivity index (χ3v) is 3.86. The molecule has 0 unspecified atom stereocenters. The number of carboxylic acids is 1. The summed E-state index contributed by atoms with van der Waals surface area (Å²) in [6.07, 6.45) is 2.82. The molecule has 0 aliphatic carbocycles. The molecule has 2 heterocycles. The van der Waals surface area contributed by atoms with E-state index in [0.29, 0.717) is 30.3 Å². The predicted octanol–water partition coefficient (Wildman–Crippen LogP) is 3.07. The number of aliphatic carboxylic acids is 1. The molecule has 0 saturated heterocycles. The van der Waals surface area contributed by atoms with Crippen LogP contribution in [0.3, 0.4) is 0 Å². The molecule has 6 nitrogen and oxygen atoms in total. The first-order chi connectivity index (χ1) is 9.52. The number of rotatable bonds is 6. The smallest absolute Gasteiger partial charge is 0.310 e. The van der Waals surface area contributed by atoms with Crippen molar-refractivity contribution in [1.29, 1.82) is 0 Å². The number of carboxylic acid groups (broad SMARTS) is 1. The molecule has 0 aliphatic rings. The average molecular weight is 278 g/mol. The first-order valence-electron chi connectivity index (χ1n) is 6.63. The summed E-state index contributed by atoms with van der Waals surface area (Å²) >= 11 is 0. The van der Waals surface area contributed by atoms with Crippen LogP contribution in [0, 0.1) is 12.3 Å². The van der Waals surface area contributed by atoms with Crippen LogP contribution in [-0.2, 0) is 11.2 Å². The largest absolute Gasteiger partial charge is 0.481 e. The van der Waals surface area contributed by atoms with Gasteiger partial charge >= 0.3 is 5.97 Å². The lowest BCUT2D eigenvalue weighted by molar-refractivity contribution is -0.149. The van der Waals surface area contributed by atoms with Gasteiger partial charge in [-0.25, -0.2) is 0 Å². The zero-order valence-corrected chi connectivity index (χ0v) is 11.8. The van der Waals surface area contributed by atoms with Crippen LogP contribution in [0.2, 0.25) is 0 Å². The van der Waals surface area contributed by atoms with E-state index < -0.39 is 11.4 Å². The molecule has 108 valence electrons. The molecule has 1 N–H and O–H groups in total. The second-order valence-electron chi connectivity index (χ2n) is 4.87. The van der Waals surface area contributed by atoms with Crippen LogP contribution in [0.5, 0.6) is 0 Å². The number of furan rings is 1. The number of carbonyl (C=O) groups is 1. The minimum absolute atomic E-state index is 0.235. The van der Waals surface area contributed by atoms with Gasteiger partial charge in [0, 0.05) is 6.42 Å². The highest BCUT2D eigenvalue weighted by Gasteiger charge is 2.37. The van der Waals surface area contributed by atoms with Gasteiger partial charge in [-0.2, -0.15) is 4.98 Å². The number of hydrogen-bond acceptors (Lipinski definition) is 5. The second kappa shape index (κ2) is 5.48. The summed E-state index contributed by atoms with van der Waals surface area (Å²) in [5.41, 5.74) is -0.0937. The summed E-state index contributed by atoms with van der Waals surface area (Å²) < 4.78 is 10.4. The fraction of sp³-hybridized carbons (Fsp3) is 0.500. The van der Waals surface area contributed by atoms with E-state index in [1.165, 1.54) is 0 Å². The van der Waals surface area contributed by atoms with Gasteiger partial charge < -0.3 is 14.0 Å². The van der Waals surface area contributed by atoms with Crippen molar-refractivity contribution in [2.24, 2.45) is 5.41 Å². The highest BCUT2D eigenvalue weighted by molar-refractivity contribution is 5.74. The molecule has 2 aromatic rings. The van der Waals surface area contributed by atoms with Gasteiger partial charge in [0.1, 0.15) is 5.76 Å². The maximum atomic E-state index is 11.5. The topological polar surface area (TPSA) is 89.4 Å². The zero-order chi connectivity index (χ0) is 14.8. The Morgan fingerprint density at radius 3 is 2.60 bits per heavy atom. The van der Waals surface area contributed by atoms with E-state index in [-0.39, 0.29) is 6.42 Å². The molecule has 2 rings (SSSR count). The summed E-state index contributed by atoms with van der Waals surface area (Å²) in [7, 11) is 0. The number of aromatic nitrogens is 2. The first kappa shape index (κ1) is 14.3. The fourth-order valence-electron chi connectivity index (χ4n) is 2.22. The van der Waals surface area contributed by atoms with Gasteiger partial charge in [-0.1, -0.05) is 19.0 Å². The van der Waals surface area contributed by atoms with E-state index >= 15 is 0 Å². The van der Waals surface area contributed by atoms with Crippen molar-refractivity contribution in [2.75, 3.05) is 0 Å². The highest BCUT2D eigenvalue weighted by atomic mass is 16.5. The third-order valence-electron chi connectivity index (χ3n) is 3.86. The fourth-order valence-corrected chi connectivity index (χ4v) is 2.22. The number of aryl methyl sites for hydroxylation is 1. The number of nitrogens with zero attached hydrogens (tertiary/aromatic N) is 2. The van der Waals surface area contributed by atoms with E-state index in [2.05, 4.69) is 10.1 Å². The first-order valence-corrected chi connectivity index (χ1v) is 6.63. The molecule has 0 radical (unpaired) electrons. The monoisotopic (exact) mass is 278 g/mol. The molecule has 0 spiro atoms. The molecular weight excluding hydrogens is 260 g/mol. The van der Waals surface area contributed by atoms with Crippen molar-refractivity contribution >= 4 is 5.97 Å². The van der Waals surface area contributed by atoms with Crippen LogP contribution in [0.25, 0.3) is 11.4 Å². The molecule has 0 aliphatic heterocycles. The Kier molecular flexibility index (Phi) is 3.92. The molecular formula is C14H18N2O4. The number of hydrogen-bond donors (Lipinski definition) is 1. The molecule has 6 heteroatoms. The van der Waals surface area contributed by atoms with Crippen molar-refractivity contribution in [3.05, 3.63) is 24.0 Å². The summed E-state index contributed by atoms with van der Waals surface area (Å²) in [6, 6.07) is 1.76.